The third-order valence-electron chi connectivity index (χ3n) is 7.56. The molecule has 0 atom stereocenters. The number of piperazine rings is 2. The van der Waals surface area contributed by atoms with Gasteiger partial charge in [0.2, 0.25) is 0 Å². The van der Waals surface area contributed by atoms with E-state index < -0.39 is 34.7 Å². The number of hydrogen-bond acceptors (Lipinski definition) is 6. The molecule has 0 bridgehead atoms. The van der Waals surface area contributed by atoms with Crippen molar-refractivity contribution in [1.29, 1.82) is 10.5 Å². The Labute approximate surface area is 235 Å². The number of para-hydroxylation sites is 1. The number of carbonyl (C=O) groups is 1. The van der Waals surface area contributed by atoms with Gasteiger partial charge in [0.15, 0.2) is 0 Å². The zero-order chi connectivity index (χ0) is 29.1. The minimum atomic E-state index is -0.961. The summed E-state index contributed by atoms with van der Waals surface area (Å²) in [6.07, 6.45) is 0. The second kappa shape index (κ2) is 11.9. The fourth-order valence-corrected chi connectivity index (χ4v) is 5.30. The minimum absolute atomic E-state index is 0.0138. The molecular formula is C30H26F4N6O. The van der Waals surface area contributed by atoms with Crippen LogP contribution < -0.4 is 9.80 Å². The SMILES string of the molecule is N#Cc1cc(F)c(N2CCN(C(=O)c3cc(CN4CCN(c5ccccc5C#N)CC4)c(F)cc3F)CC2)cc1F. The van der Waals surface area contributed by atoms with Crippen molar-refractivity contribution in [2.75, 3.05) is 62.2 Å². The summed E-state index contributed by atoms with van der Waals surface area (Å²) in [5.74, 6) is -3.88. The molecule has 0 spiro atoms. The van der Waals surface area contributed by atoms with Crippen molar-refractivity contribution in [3.8, 4) is 12.1 Å². The maximum atomic E-state index is 14.8. The van der Waals surface area contributed by atoms with Crippen molar-refractivity contribution in [3.05, 3.63) is 94.1 Å². The van der Waals surface area contributed by atoms with Crippen LogP contribution in [-0.2, 0) is 6.54 Å². The normalized spacial score (nSPS) is 15.9. The number of hydrogen-bond donors (Lipinski definition) is 0. The molecule has 2 saturated heterocycles. The first-order valence-corrected chi connectivity index (χ1v) is 13.2. The molecule has 5 rings (SSSR count). The van der Waals surface area contributed by atoms with Crippen molar-refractivity contribution >= 4 is 17.3 Å². The summed E-state index contributed by atoms with van der Waals surface area (Å²) in [7, 11) is 0. The molecular weight excluding hydrogens is 536 g/mol. The van der Waals surface area contributed by atoms with Gasteiger partial charge >= 0.3 is 0 Å². The fourth-order valence-electron chi connectivity index (χ4n) is 5.30. The first-order chi connectivity index (χ1) is 19.8. The van der Waals surface area contributed by atoms with Gasteiger partial charge in [-0.25, -0.2) is 17.6 Å². The van der Waals surface area contributed by atoms with E-state index in [0.717, 1.165) is 23.9 Å². The summed E-state index contributed by atoms with van der Waals surface area (Å²) in [5, 5.41) is 18.3. The molecule has 0 aromatic heterocycles. The molecule has 2 aliphatic rings. The molecule has 11 heteroatoms. The second-order valence-electron chi connectivity index (χ2n) is 9.99. The van der Waals surface area contributed by atoms with Crippen LogP contribution in [-0.4, -0.2) is 68.1 Å². The molecule has 0 unspecified atom stereocenters. The van der Waals surface area contributed by atoms with Crippen LogP contribution in [0.3, 0.4) is 0 Å². The van der Waals surface area contributed by atoms with Gasteiger partial charge in [0, 0.05) is 76.6 Å². The number of nitrogens with zero attached hydrogens (tertiary/aromatic N) is 6. The first-order valence-electron chi connectivity index (χ1n) is 13.2. The topological polar surface area (TPSA) is 77.6 Å². The van der Waals surface area contributed by atoms with Crippen LogP contribution in [0.4, 0.5) is 28.9 Å². The molecule has 2 fully saturated rings. The van der Waals surface area contributed by atoms with Crippen LogP contribution >= 0.6 is 0 Å². The average Bonchev–Trinajstić information content (AvgIpc) is 2.99. The van der Waals surface area contributed by atoms with Crippen LogP contribution in [0.2, 0.25) is 0 Å². The lowest BCUT2D eigenvalue weighted by atomic mass is 10.1. The molecule has 7 nitrogen and oxygen atoms in total. The summed E-state index contributed by atoms with van der Waals surface area (Å²) in [6, 6.07) is 14.9. The van der Waals surface area contributed by atoms with Crippen LogP contribution in [0.25, 0.3) is 0 Å². The third-order valence-corrected chi connectivity index (χ3v) is 7.56. The van der Waals surface area contributed by atoms with Gasteiger partial charge in [-0.15, -0.1) is 0 Å². The van der Waals surface area contributed by atoms with Gasteiger partial charge in [0.1, 0.15) is 35.4 Å². The van der Waals surface area contributed by atoms with E-state index in [0.29, 0.717) is 31.7 Å². The van der Waals surface area contributed by atoms with Gasteiger partial charge in [-0.1, -0.05) is 12.1 Å². The molecule has 3 aromatic carbocycles. The van der Waals surface area contributed by atoms with E-state index in [-0.39, 0.29) is 49.5 Å². The quantitative estimate of drug-likeness (QED) is 0.433. The van der Waals surface area contributed by atoms with Gasteiger partial charge in [-0.05, 0) is 24.3 Å². The number of rotatable bonds is 5. The lowest BCUT2D eigenvalue weighted by Gasteiger charge is -2.37. The third kappa shape index (κ3) is 5.81. The number of benzene rings is 3. The van der Waals surface area contributed by atoms with E-state index in [9.17, 15) is 27.6 Å². The van der Waals surface area contributed by atoms with Crippen molar-refractivity contribution < 1.29 is 22.4 Å². The number of anilines is 2. The molecule has 41 heavy (non-hydrogen) atoms. The van der Waals surface area contributed by atoms with Crippen LogP contribution in [0.1, 0.15) is 27.0 Å². The van der Waals surface area contributed by atoms with Crippen LogP contribution in [0.15, 0.2) is 48.5 Å². The average molecular weight is 563 g/mol. The highest BCUT2D eigenvalue weighted by Crippen LogP contribution is 2.26. The number of amides is 1. The molecule has 2 aliphatic heterocycles. The Balaban J connectivity index is 1.23. The van der Waals surface area contributed by atoms with Crippen molar-refractivity contribution in [2.24, 2.45) is 0 Å². The smallest absolute Gasteiger partial charge is 0.256 e. The van der Waals surface area contributed by atoms with Gasteiger partial charge < -0.3 is 14.7 Å². The Morgan fingerprint density at radius 3 is 2.00 bits per heavy atom. The van der Waals surface area contributed by atoms with Crippen molar-refractivity contribution in [2.45, 2.75) is 6.54 Å². The van der Waals surface area contributed by atoms with Gasteiger partial charge in [-0.2, -0.15) is 10.5 Å². The Morgan fingerprint density at radius 2 is 1.32 bits per heavy atom. The van der Waals surface area contributed by atoms with Gasteiger partial charge in [0.25, 0.3) is 5.91 Å². The number of nitriles is 2. The monoisotopic (exact) mass is 562 g/mol. The summed E-state index contributed by atoms with van der Waals surface area (Å²) < 4.78 is 58.0. The van der Waals surface area contributed by atoms with E-state index >= 15 is 0 Å². The standard InChI is InChI=1S/C30H26F4N6O/c31-24-15-26(33)23(13-22(24)19-37-5-7-38(8-6-37)28-4-2-1-3-20(28)17-35)30(41)40-11-9-39(10-12-40)29-16-25(32)21(18-36)14-27(29)34/h1-4,13-16H,5-12,19H2. The van der Waals surface area contributed by atoms with Gasteiger partial charge in [0.05, 0.1) is 28.1 Å². The zero-order valence-corrected chi connectivity index (χ0v) is 22.1. The first kappa shape index (κ1) is 27.9. The fraction of sp³-hybridized carbons (Fsp3) is 0.300. The lowest BCUT2D eigenvalue weighted by Crippen LogP contribution is -2.49. The highest BCUT2D eigenvalue weighted by molar-refractivity contribution is 5.95. The van der Waals surface area contributed by atoms with Crippen LogP contribution in [0, 0.1) is 45.9 Å². The summed E-state index contributed by atoms with van der Waals surface area (Å²) in [5.41, 5.74) is 0.988. The predicted octanol–water partition coefficient (Wildman–Crippen LogP) is 4.27. The Kier molecular flexibility index (Phi) is 8.09. The highest BCUT2D eigenvalue weighted by atomic mass is 19.1. The predicted molar refractivity (Wildman–Crippen MR) is 144 cm³/mol. The Bertz CT molecular complexity index is 1550. The van der Waals surface area contributed by atoms with E-state index in [2.05, 4.69) is 11.0 Å². The van der Waals surface area contributed by atoms with Gasteiger partial charge in [-0.3, -0.25) is 9.69 Å². The molecule has 0 aliphatic carbocycles. The van der Waals surface area contributed by atoms with E-state index in [1.807, 2.05) is 23.1 Å². The van der Waals surface area contributed by atoms with Crippen molar-refractivity contribution in [1.82, 2.24) is 9.80 Å². The minimum Gasteiger partial charge on any atom is -0.368 e. The molecule has 2 heterocycles. The lowest BCUT2D eigenvalue weighted by molar-refractivity contribution is 0.0741. The Morgan fingerprint density at radius 1 is 0.683 bits per heavy atom. The molecule has 0 saturated carbocycles. The second-order valence-corrected chi connectivity index (χ2v) is 9.99. The summed E-state index contributed by atoms with van der Waals surface area (Å²) in [4.78, 5) is 20.3. The van der Waals surface area contributed by atoms with Crippen molar-refractivity contribution in [3.63, 3.8) is 0 Å². The maximum absolute atomic E-state index is 14.8. The Hall–Kier alpha value is -4.61. The van der Waals surface area contributed by atoms with Crippen LogP contribution in [0.5, 0.6) is 0 Å². The molecule has 1 amide bonds. The van der Waals surface area contributed by atoms with E-state index in [1.165, 1.54) is 11.0 Å². The largest absolute Gasteiger partial charge is 0.368 e. The summed E-state index contributed by atoms with van der Waals surface area (Å²) in [6.45, 7) is 3.21. The highest BCUT2D eigenvalue weighted by Gasteiger charge is 2.28. The maximum Gasteiger partial charge on any atom is 0.256 e. The zero-order valence-electron chi connectivity index (χ0n) is 22.1. The number of halogens is 4. The number of carbonyl (C=O) groups excluding carboxylic acids is 1. The molecule has 3 aromatic rings. The van der Waals surface area contributed by atoms with E-state index in [4.69, 9.17) is 5.26 Å². The molecule has 210 valence electrons. The van der Waals surface area contributed by atoms with E-state index in [1.54, 1.807) is 17.0 Å². The molecule has 0 N–H and O–H groups in total. The molecule has 0 radical (unpaired) electrons. The summed E-state index contributed by atoms with van der Waals surface area (Å²) >= 11 is 0.